The summed E-state index contributed by atoms with van der Waals surface area (Å²) in [7, 11) is -3.16. The van der Waals surface area contributed by atoms with Gasteiger partial charge in [0.1, 0.15) is 11.6 Å². The van der Waals surface area contributed by atoms with E-state index in [1.165, 1.54) is 12.1 Å². The lowest BCUT2D eigenvalue weighted by Gasteiger charge is -2.13. The second-order valence-corrected chi connectivity index (χ2v) is 11.0. The van der Waals surface area contributed by atoms with Gasteiger partial charge in [-0.1, -0.05) is 0 Å². The second kappa shape index (κ2) is 9.34. The first-order valence-electron chi connectivity index (χ1n) is 11.6. The number of aryl methyl sites for hydroxylation is 1. The number of rotatable bonds is 6. The molecular formula is C26H25FN4O4S. The van der Waals surface area contributed by atoms with Gasteiger partial charge in [-0.05, 0) is 74.9 Å². The zero-order valence-corrected chi connectivity index (χ0v) is 20.7. The predicted octanol–water partition coefficient (Wildman–Crippen LogP) is 4.56. The number of benzene rings is 2. The number of fused-ring (bicyclic) bond motifs is 1. The maximum atomic E-state index is 13.6. The van der Waals surface area contributed by atoms with Gasteiger partial charge >= 0.3 is 0 Å². The van der Waals surface area contributed by atoms with Gasteiger partial charge in [0.15, 0.2) is 15.5 Å². The molecule has 1 aliphatic rings. The van der Waals surface area contributed by atoms with Crippen LogP contribution < -0.4 is 10.1 Å². The van der Waals surface area contributed by atoms with Crippen LogP contribution >= 0.6 is 0 Å². The molecule has 0 aliphatic carbocycles. The van der Waals surface area contributed by atoms with E-state index < -0.39 is 9.84 Å². The molecule has 0 radical (unpaired) electrons. The molecule has 1 amide bonds. The number of hydrogen-bond donors (Lipinski definition) is 1. The van der Waals surface area contributed by atoms with Gasteiger partial charge in [0, 0.05) is 11.3 Å². The molecule has 0 saturated carbocycles. The summed E-state index contributed by atoms with van der Waals surface area (Å²) in [5.74, 6) is 0.00574. The van der Waals surface area contributed by atoms with Crippen LogP contribution in [0.25, 0.3) is 22.3 Å². The standard InChI is InChI=1S/C26H25FN4O4S/c1-3-35-21-10-8-19(9-11-21)28-26(32)22-14-23(17-4-6-18(27)7-5-17)29-25-24(22)16(2)30-31(25)20-12-13-36(33,34)15-20/h4-11,14,20H,3,12-13,15H2,1-2H3,(H,28,32). The molecule has 8 nitrogen and oxygen atoms in total. The number of sulfone groups is 1. The van der Waals surface area contributed by atoms with Crippen molar-refractivity contribution in [3.05, 3.63) is 71.7 Å². The van der Waals surface area contributed by atoms with E-state index in [0.717, 1.165) is 0 Å². The van der Waals surface area contributed by atoms with Crippen LogP contribution in [0.3, 0.4) is 0 Å². The molecule has 3 heterocycles. The van der Waals surface area contributed by atoms with E-state index in [9.17, 15) is 17.6 Å². The molecule has 1 N–H and O–H groups in total. The highest BCUT2D eigenvalue weighted by atomic mass is 32.2. The molecule has 2 aromatic carbocycles. The molecule has 4 aromatic rings. The van der Waals surface area contributed by atoms with Gasteiger partial charge < -0.3 is 10.1 Å². The van der Waals surface area contributed by atoms with Crippen molar-refractivity contribution >= 4 is 32.5 Å². The maximum absolute atomic E-state index is 13.6. The molecule has 0 bridgehead atoms. The maximum Gasteiger partial charge on any atom is 0.256 e. The van der Waals surface area contributed by atoms with Gasteiger partial charge in [-0.2, -0.15) is 5.10 Å². The highest BCUT2D eigenvalue weighted by molar-refractivity contribution is 7.91. The second-order valence-electron chi connectivity index (χ2n) is 8.76. The van der Waals surface area contributed by atoms with Crippen LogP contribution in [0.5, 0.6) is 5.75 Å². The van der Waals surface area contributed by atoms with E-state index in [2.05, 4.69) is 10.4 Å². The first-order valence-corrected chi connectivity index (χ1v) is 13.5. The third kappa shape index (κ3) is 4.68. The smallest absolute Gasteiger partial charge is 0.256 e. The quantitative estimate of drug-likeness (QED) is 0.410. The van der Waals surface area contributed by atoms with Crippen LogP contribution in [0.2, 0.25) is 0 Å². The Balaban J connectivity index is 1.61. The highest BCUT2D eigenvalue weighted by Gasteiger charge is 2.32. The van der Waals surface area contributed by atoms with E-state index in [0.29, 0.717) is 58.0 Å². The molecular weight excluding hydrogens is 483 g/mol. The SMILES string of the molecule is CCOc1ccc(NC(=O)c2cc(-c3ccc(F)cc3)nc3c2c(C)nn3C2CCS(=O)(=O)C2)cc1. The largest absolute Gasteiger partial charge is 0.494 e. The number of amides is 1. The third-order valence-corrected chi connectivity index (χ3v) is 7.95. The van der Waals surface area contributed by atoms with Crippen LogP contribution in [0, 0.1) is 12.7 Å². The Kier molecular flexibility index (Phi) is 6.21. The van der Waals surface area contributed by atoms with E-state index in [1.54, 1.807) is 54.1 Å². The van der Waals surface area contributed by atoms with Gasteiger partial charge in [0.25, 0.3) is 5.91 Å². The Morgan fingerprint density at radius 2 is 1.89 bits per heavy atom. The fraction of sp³-hybridized carbons (Fsp3) is 0.269. The van der Waals surface area contributed by atoms with Crippen LogP contribution in [-0.4, -0.2) is 47.2 Å². The average molecular weight is 509 g/mol. The summed E-state index contributed by atoms with van der Waals surface area (Å²) in [6, 6.07) is 14.2. The molecule has 36 heavy (non-hydrogen) atoms. The molecule has 1 fully saturated rings. The van der Waals surface area contributed by atoms with Crippen LogP contribution in [0.15, 0.2) is 54.6 Å². The summed E-state index contributed by atoms with van der Waals surface area (Å²) in [6.07, 6.45) is 0.425. The summed E-state index contributed by atoms with van der Waals surface area (Å²) in [6.45, 7) is 4.21. The number of nitrogens with zero attached hydrogens (tertiary/aromatic N) is 3. The third-order valence-electron chi connectivity index (χ3n) is 6.20. The molecule has 186 valence electrons. The number of pyridine rings is 1. The monoisotopic (exact) mass is 508 g/mol. The zero-order valence-electron chi connectivity index (χ0n) is 19.9. The zero-order chi connectivity index (χ0) is 25.4. The van der Waals surface area contributed by atoms with Crippen molar-refractivity contribution in [3.63, 3.8) is 0 Å². The molecule has 0 spiro atoms. The number of halogens is 1. The Morgan fingerprint density at radius 1 is 1.17 bits per heavy atom. The lowest BCUT2D eigenvalue weighted by atomic mass is 10.0. The number of hydrogen-bond acceptors (Lipinski definition) is 6. The summed E-state index contributed by atoms with van der Waals surface area (Å²) in [4.78, 5) is 18.3. The Bertz CT molecular complexity index is 1550. The molecule has 1 atom stereocenters. The van der Waals surface area contributed by atoms with Crippen molar-refractivity contribution < 1.29 is 22.3 Å². The van der Waals surface area contributed by atoms with E-state index in [4.69, 9.17) is 9.72 Å². The van der Waals surface area contributed by atoms with Crippen LogP contribution in [0.1, 0.15) is 35.4 Å². The average Bonchev–Trinajstić information content (AvgIpc) is 3.39. The summed E-state index contributed by atoms with van der Waals surface area (Å²) in [5, 5.41) is 8.06. The summed E-state index contributed by atoms with van der Waals surface area (Å²) < 4.78 is 44.9. The lowest BCUT2D eigenvalue weighted by Crippen LogP contribution is -2.15. The highest BCUT2D eigenvalue weighted by Crippen LogP contribution is 2.32. The Labute approximate surface area is 208 Å². The number of nitrogens with one attached hydrogen (secondary N) is 1. The van der Waals surface area contributed by atoms with Gasteiger partial charge in [-0.25, -0.2) is 22.5 Å². The first-order chi connectivity index (χ1) is 17.2. The molecule has 10 heteroatoms. The van der Waals surface area contributed by atoms with Crippen molar-refractivity contribution in [1.82, 2.24) is 14.8 Å². The number of carbonyl (C=O) groups is 1. The van der Waals surface area contributed by atoms with Gasteiger partial charge in [0.05, 0.1) is 46.5 Å². The first kappa shape index (κ1) is 23.9. The van der Waals surface area contributed by atoms with Crippen LogP contribution in [0.4, 0.5) is 10.1 Å². The van der Waals surface area contributed by atoms with E-state index >= 15 is 0 Å². The van der Waals surface area contributed by atoms with Crippen molar-refractivity contribution in [2.45, 2.75) is 26.3 Å². The molecule has 2 aromatic heterocycles. The van der Waals surface area contributed by atoms with E-state index in [-0.39, 0.29) is 29.3 Å². The number of ether oxygens (including phenoxy) is 1. The lowest BCUT2D eigenvalue weighted by molar-refractivity contribution is 0.102. The topological polar surface area (TPSA) is 103 Å². The van der Waals surface area contributed by atoms with Crippen molar-refractivity contribution in [1.29, 1.82) is 0 Å². The van der Waals surface area contributed by atoms with Crippen molar-refractivity contribution in [2.75, 3.05) is 23.4 Å². The fourth-order valence-corrected chi connectivity index (χ4v) is 6.18. The minimum atomic E-state index is -3.16. The van der Waals surface area contributed by atoms with Crippen molar-refractivity contribution in [2.24, 2.45) is 0 Å². The molecule has 1 aliphatic heterocycles. The summed E-state index contributed by atoms with van der Waals surface area (Å²) in [5.41, 5.74) is 3.01. The molecule has 5 rings (SSSR count). The summed E-state index contributed by atoms with van der Waals surface area (Å²) >= 11 is 0. The minimum absolute atomic E-state index is 0.0284. The fourth-order valence-electron chi connectivity index (χ4n) is 4.48. The number of anilines is 1. The van der Waals surface area contributed by atoms with Gasteiger partial charge in [-0.3, -0.25) is 4.79 Å². The number of carbonyl (C=O) groups excluding carboxylic acids is 1. The number of aromatic nitrogens is 3. The van der Waals surface area contributed by atoms with Gasteiger partial charge in [0.2, 0.25) is 0 Å². The van der Waals surface area contributed by atoms with Crippen molar-refractivity contribution in [3.8, 4) is 17.0 Å². The normalized spacial score (nSPS) is 16.8. The molecule has 1 unspecified atom stereocenters. The van der Waals surface area contributed by atoms with E-state index in [1.807, 2.05) is 6.92 Å². The minimum Gasteiger partial charge on any atom is -0.494 e. The van der Waals surface area contributed by atoms with Crippen LogP contribution in [-0.2, 0) is 9.84 Å². The van der Waals surface area contributed by atoms with Gasteiger partial charge in [-0.15, -0.1) is 0 Å². The molecule has 1 saturated heterocycles. The Morgan fingerprint density at radius 3 is 2.53 bits per heavy atom. The Hall–Kier alpha value is -3.79. The predicted molar refractivity (Wildman–Crippen MR) is 136 cm³/mol.